The van der Waals surface area contributed by atoms with Gasteiger partial charge in [0.1, 0.15) is 5.75 Å². The maximum Gasteiger partial charge on any atom is 0.124 e. The Kier molecular flexibility index (Phi) is 4.30. The van der Waals surface area contributed by atoms with E-state index < -0.39 is 0 Å². The summed E-state index contributed by atoms with van der Waals surface area (Å²) >= 11 is 3.34. The number of phenolic OH excluding ortho intramolecular Hbond substituents is 1. The van der Waals surface area contributed by atoms with Crippen LogP contribution < -0.4 is 0 Å². The maximum atomic E-state index is 9.67. The molecule has 2 aromatic carbocycles. The topological polar surface area (TPSA) is 65.2 Å². The van der Waals surface area contributed by atoms with Crippen LogP contribution in [-0.2, 0) is 0 Å². The van der Waals surface area contributed by atoms with Crippen LogP contribution in [0.25, 0.3) is 0 Å². The van der Waals surface area contributed by atoms with E-state index in [4.69, 9.17) is 5.21 Å². The molecule has 2 rings (SSSR count). The summed E-state index contributed by atoms with van der Waals surface area (Å²) in [6, 6.07) is 12.3. The molecule has 0 heterocycles. The Morgan fingerprint density at radius 2 is 1.74 bits per heavy atom. The molecule has 0 aliphatic heterocycles. The minimum absolute atomic E-state index is 0.177. The first-order valence-electron chi connectivity index (χ1n) is 5.49. The van der Waals surface area contributed by atoms with Gasteiger partial charge in [0, 0.05) is 16.3 Å². The lowest BCUT2D eigenvalue weighted by atomic mass is 10.2. The van der Waals surface area contributed by atoms with Crippen molar-refractivity contribution in [1.29, 1.82) is 0 Å². The maximum absolute atomic E-state index is 9.67. The first-order chi connectivity index (χ1) is 9.19. The fourth-order valence-corrected chi connectivity index (χ4v) is 1.86. The molecule has 0 spiro atoms. The summed E-state index contributed by atoms with van der Waals surface area (Å²) in [5.74, 6) is 0.177. The Bertz CT molecular complexity index is 622. The Labute approximate surface area is 118 Å². The van der Waals surface area contributed by atoms with Crippen molar-refractivity contribution in [3.05, 3.63) is 58.1 Å². The van der Waals surface area contributed by atoms with Crippen LogP contribution in [0.4, 0.5) is 5.69 Å². The predicted molar refractivity (Wildman–Crippen MR) is 78.9 cm³/mol. The first-order valence-corrected chi connectivity index (χ1v) is 6.28. The van der Waals surface area contributed by atoms with Crippen LogP contribution in [0.2, 0.25) is 0 Å². The highest BCUT2D eigenvalue weighted by Gasteiger charge is 1.98. The van der Waals surface area contributed by atoms with Crippen molar-refractivity contribution in [2.75, 3.05) is 0 Å². The van der Waals surface area contributed by atoms with E-state index in [-0.39, 0.29) is 5.75 Å². The van der Waals surface area contributed by atoms with E-state index in [2.05, 4.69) is 26.1 Å². The summed E-state index contributed by atoms with van der Waals surface area (Å²) in [7, 11) is 0. The highest BCUT2D eigenvalue weighted by atomic mass is 79.9. The monoisotopic (exact) mass is 318 g/mol. The molecule has 0 saturated heterocycles. The Balaban J connectivity index is 2.20. The van der Waals surface area contributed by atoms with Crippen molar-refractivity contribution in [3.8, 4) is 5.75 Å². The molecule has 0 atom stereocenters. The normalized spacial score (nSPS) is 11.4. The van der Waals surface area contributed by atoms with Gasteiger partial charge in [0.05, 0.1) is 11.9 Å². The molecule has 96 valence electrons. The van der Waals surface area contributed by atoms with Crippen LogP contribution in [0, 0.1) is 0 Å². The molecule has 0 aromatic heterocycles. The number of oxime groups is 1. The Morgan fingerprint density at radius 1 is 1.00 bits per heavy atom. The number of aromatic hydroxyl groups is 1. The summed E-state index contributed by atoms with van der Waals surface area (Å²) in [6.07, 6.45) is 2.93. The number of nitrogens with zero attached hydrogens (tertiary/aromatic N) is 2. The quantitative estimate of drug-likeness (QED) is 0.514. The zero-order valence-corrected chi connectivity index (χ0v) is 11.4. The van der Waals surface area contributed by atoms with Crippen molar-refractivity contribution in [2.24, 2.45) is 10.1 Å². The Hall–Kier alpha value is -2.14. The molecule has 0 amide bonds. The number of aliphatic imine (C=N–C) groups is 1. The van der Waals surface area contributed by atoms with Gasteiger partial charge in [0.2, 0.25) is 0 Å². The molecule has 0 saturated carbocycles. The fraction of sp³-hybridized carbons (Fsp3) is 0. The highest BCUT2D eigenvalue weighted by molar-refractivity contribution is 9.10. The van der Waals surface area contributed by atoms with Crippen LogP contribution in [0.5, 0.6) is 5.75 Å². The van der Waals surface area contributed by atoms with Gasteiger partial charge in [-0.05, 0) is 35.9 Å². The average Bonchev–Trinajstić information content (AvgIpc) is 2.42. The van der Waals surface area contributed by atoms with Crippen LogP contribution in [-0.4, -0.2) is 22.7 Å². The molecule has 5 heteroatoms. The van der Waals surface area contributed by atoms with Gasteiger partial charge >= 0.3 is 0 Å². The van der Waals surface area contributed by atoms with Crippen LogP contribution in [0.1, 0.15) is 11.1 Å². The minimum atomic E-state index is 0.177. The molecule has 0 fully saturated rings. The molecule has 2 N–H and O–H groups in total. The molecule has 0 unspecified atom stereocenters. The van der Waals surface area contributed by atoms with E-state index in [1.165, 1.54) is 6.21 Å². The van der Waals surface area contributed by atoms with E-state index in [0.717, 1.165) is 15.7 Å². The van der Waals surface area contributed by atoms with Gasteiger partial charge in [-0.2, -0.15) is 0 Å². The first kappa shape index (κ1) is 13.3. The summed E-state index contributed by atoms with van der Waals surface area (Å²) in [4.78, 5) is 4.27. The molecule has 0 bridgehead atoms. The largest absolute Gasteiger partial charge is 0.507 e. The third-order valence-corrected chi connectivity index (χ3v) is 2.94. The second-order valence-corrected chi connectivity index (χ2v) is 4.71. The van der Waals surface area contributed by atoms with Gasteiger partial charge in [0.25, 0.3) is 0 Å². The zero-order valence-electron chi connectivity index (χ0n) is 9.86. The average molecular weight is 319 g/mol. The van der Waals surface area contributed by atoms with Gasteiger partial charge in [-0.3, -0.25) is 4.99 Å². The van der Waals surface area contributed by atoms with E-state index in [0.29, 0.717) is 5.56 Å². The lowest BCUT2D eigenvalue weighted by Gasteiger charge is -1.99. The molecular formula is C14H11BrN2O2. The number of benzene rings is 2. The van der Waals surface area contributed by atoms with E-state index in [1.54, 1.807) is 48.7 Å². The molecular weight excluding hydrogens is 308 g/mol. The molecule has 4 nitrogen and oxygen atoms in total. The summed E-state index contributed by atoms with van der Waals surface area (Å²) in [6.45, 7) is 0. The number of halogens is 1. The summed E-state index contributed by atoms with van der Waals surface area (Å²) < 4.78 is 0.876. The third-order valence-electron chi connectivity index (χ3n) is 2.44. The van der Waals surface area contributed by atoms with Crippen molar-refractivity contribution < 1.29 is 10.3 Å². The summed E-state index contributed by atoms with van der Waals surface area (Å²) in [5.41, 5.74) is 2.16. The van der Waals surface area contributed by atoms with Gasteiger partial charge in [0.15, 0.2) is 0 Å². The van der Waals surface area contributed by atoms with Gasteiger partial charge in [-0.1, -0.05) is 33.2 Å². The number of hydrogen-bond acceptors (Lipinski definition) is 4. The Morgan fingerprint density at radius 3 is 2.42 bits per heavy atom. The fourth-order valence-electron chi connectivity index (χ4n) is 1.49. The van der Waals surface area contributed by atoms with Crippen molar-refractivity contribution in [1.82, 2.24) is 0 Å². The number of rotatable bonds is 3. The number of hydrogen-bond donors (Lipinski definition) is 2. The van der Waals surface area contributed by atoms with Gasteiger partial charge in [-0.25, -0.2) is 0 Å². The second-order valence-electron chi connectivity index (χ2n) is 3.80. The standard InChI is InChI=1S/C14H11BrN2O2/c15-12-3-6-14(18)11(7-12)9-16-13-4-1-10(2-5-13)8-17-19/h1-9,18-19H/b16-9?,17-8+. The predicted octanol–water partition coefficient (Wildman–Crippen LogP) is 3.71. The smallest absolute Gasteiger partial charge is 0.124 e. The van der Waals surface area contributed by atoms with Gasteiger partial charge < -0.3 is 10.3 Å². The van der Waals surface area contributed by atoms with Crippen LogP contribution in [0.3, 0.4) is 0 Å². The molecule has 0 radical (unpaired) electrons. The molecule has 0 aliphatic carbocycles. The lowest BCUT2D eigenvalue weighted by molar-refractivity contribution is 0.322. The summed E-state index contributed by atoms with van der Waals surface area (Å²) in [5, 5.41) is 21.0. The SMILES string of the molecule is O/N=C/c1ccc(N=Cc2cc(Br)ccc2O)cc1. The van der Waals surface area contributed by atoms with Crippen molar-refractivity contribution in [3.63, 3.8) is 0 Å². The van der Waals surface area contributed by atoms with E-state index in [1.807, 2.05) is 0 Å². The van der Waals surface area contributed by atoms with Crippen LogP contribution >= 0.6 is 15.9 Å². The number of phenols is 1. The van der Waals surface area contributed by atoms with Crippen molar-refractivity contribution >= 4 is 34.0 Å². The van der Waals surface area contributed by atoms with E-state index >= 15 is 0 Å². The van der Waals surface area contributed by atoms with E-state index in [9.17, 15) is 5.11 Å². The van der Waals surface area contributed by atoms with Gasteiger partial charge in [-0.15, -0.1) is 0 Å². The lowest BCUT2D eigenvalue weighted by Crippen LogP contribution is -1.83. The molecule has 19 heavy (non-hydrogen) atoms. The van der Waals surface area contributed by atoms with Crippen LogP contribution in [0.15, 0.2) is 57.1 Å². The third kappa shape index (κ3) is 3.66. The minimum Gasteiger partial charge on any atom is -0.507 e. The zero-order chi connectivity index (χ0) is 13.7. The van der Waals surface area contributed by atoms with Crippen molar-refractivity contribution in [2.45, 2.75) is 0 Å². The second kappa shape index (κ2) is 6.15. The molecule has 2 aromatic rings. The molecule has 0 aliphatic rings. The highest BCUT2D eigenvalue weighted by Crippen LogP contribution is 2.21.